The summed E-state index contributed by atoms with van der Waals surface area (Å²) >= 11 is 0. The van der Waals surface area contributed by atoms with Crippen LogP contribution in [0.15, 0.2) is 18.3 Å². The molecule has 0 unspecified atom stereocenters. The maximum atomic E-state index is 8.68. The Labute approximate surface area is 110 Å². The second-order valence-electron chi connectivity index (χ2n) is 5.52. The van der Waals surface area contributed by atoms with Crippen LogP contribution in [0.25, 0.3) is 0 Å². The maximum Gasteiger partial charge on any atom is 0.140 e. The van der Waals surface area contributed by atoms with Crippen LogP contribution in [0.3, 0.4) is 0 Å². The van der Waals surface area contributed by atoms with E-state index in [0.717, 1.165) is 12.2 Å². The van der Waals surface area contributed by atoms with Crippen molar-refractivity contribution in [2.24, 2.45) is 5.41 Å². The fourth-order valence-corrected chi connectivity index (χ4v) is 1.85. The number of rotatable bonds is 7. The van der Waals surface area contributed by atoms with E-state index in [2.05, 4.69) is 31.1 Å². The molecular formula is C15H23N3. The smallest absolute Gasteiger partial charge is 0.140 e. The fourth-order valence-electron chi connectivity index (χ4n) is 1.85. The highest BCUT2D eigenvalue weighted by atomic mass is 14.9. The number of unbranched alkanes of at least 4 members (excludes halogenated alkanes) is 2. The Kier molecular flexibility index (Phi) is 5.64. The molecule has 0 radical (unpaired) electrons. The third-order valence-corrected chi connectivity index (χ3v) is 3.11. The molecule has 0 aliphatic heterocycles. The number of nitrogens with one attached hydrogen (secondary N) is 1. The zero-order valence-electron chi connectivity index (χ0n) is 11.7. The average Bonchev–Trinajstić information content (AvgIpc) is 2.37. The summed E-state index contributed by atoms with van der Waals surface area (Å²) in [6, 6.07) is 5.67. The summed E-state index contributed by atoms with van der Waals surface area (Å²) in [4.78, 5) is 4.05. The zero-order valence-corrected chi connectivity index (χ0v) is 11.7. The summed E-state index contributed by atoms with van der Waals surface area (Å²) in [6.07, 6.45) is 6.82. The van der Waals surface area contributed by atoms with Crippen molar-refractivity contribution >= 4 is 5.69 Å². The van der Waals surface area contributed by atoms with Gasteiger partial charge in [-0.15, -0.1) is 0 Å². The molecule has 0 saturated carbocycles. The van der Waals surface area contributed by atoms with Crippen LogP contribution in [0, 0.1) is 16.7 Å². The Morgan fingerprint density at radius 1 is 1.33 bits per heavy atom. The molecule has 3 nitrogen and oxygen atoms in total. The molecule has 0 saturated heterocycles. The third kappa shape index (κ3) is 5.18. The van der Waals surface area contributed by atoms with Crippen LogP contribution in [-0.4, -0.2) is 11.5 Å². The van der Waals surface area contributed by atoms with E-state index in [4.69, 9.17) is 5.26 Å². The van der Waals surface area contributed by atoms with Crippen molar-refractivity contribution in [1.29, 1.82) is 5.26 Å². The number of anilines is 1. The largest absolute Gasteiger partial charge is 0.383 e. The molecule has 1 aromatic heterocycles. The minimum Gasteiger partial charge on any atom is -0.383 e. The normalized spacial score (nSPS) is 11.0. The van der Waals surface area contributed by atoms with Gasteiger partial charge in [0, 0.05) is 6.54 Å². The van der Waals surface area contributed by atoms with E-state index in [9.17, 15) is 0 Å². The molecular weight excluding hydrogens is 222 g/mol. The average molecular weight is 245 g/mol. The van der Waals surface area contributed by atoms with Gasteiger partial charge in [-0.1, -0.05) is 40.0 Å². The lowest BCUT2D eigenvalue weighted by molar-refractivity contribution is 0.342. The summed E-state index contributed by atoms with van der Waals surface area (Å²) < 4.78 is 0. The molecule has 0 atom stereocenters. The van der Waals surface area contributed by atoms with Crippen LogP contribution in [0.4, 0.5) is 5.69 Å². The molecule has 1 aromatic rings. The van der Waals surface area contributed by atoms with Crippen molar-refractivity contribution < 1.29 is 0 Å². The van der Waals surface area contributed by atoms with Crippen molar-refractivity contribution in [2.45, 2.75) is 46.5 Å². The minimum atomic E-state index is 0.295. The van der Waals surface area contributed by atoms with Crippen LogP contribution < -0.4 is 5.32 Å². The summed E-state index contributed by atoms with van der Waals surface area (Å²) in [5, 5.41) is 12.1. The summed E-state index contributed by atoms with van der Waals surface area (Å²) in [5.74, 6) is 0. The van der Waals surface area contributed by atoms with Gasteiger partial charge in [0.1, 0.15) is 11.8 Å². The first-order valence-electron chi connectivity index (χ1n) is 6.67. The van der Waals surface area contributed by atoms with Gasteiger partial charge in [0.2, 0.25) is 0 Å². The lowest BCUT2D eigenvalue weighted by atomic mass is 9.87. The number of hydrogen-bond acceptors (Lipinski definition) is 3. The summed E-state index contributed by atoms with van der Waals surface area (Å²) in [5.41, 5.74) is 1.74. The van der Waals surface area contributed by atoms with Crippen molar-refractivity contribution in [3.8, 4) is 6.07 Å². The van der Waals surface area contributed by atoms with Crippen molar-refractivity contribution in [1.82, 2.24) is 4.98 Å². The van der Waals surface area contributed by atoms with Gasteiger partial charge in [0.25, 0.3) is 0 Å². The van der Waals surface area contributed by atoms with Gasteiger partial charge in [-0.25, -0.2) is 4.98 Å². The molecule has 0 aromatic carbocycles. The van der Waals surface area contributed by atoms with E-state index in [0.29, 0.717) is 11.1 Å². The van der Waals surface area contributed by atoms with E-state index in [1.807, 2.05) is 12.1 Å². The molecule has 0 aliphatic carbocycles. The van der Waals surface area contributed by atoms with Crippen LogP contribution in [0.5, 0.6) is 0 Å². The van der Waals surface area contributed by atoms with E-state index < -0.39 is 0 Å². The van der Waals surface area contributed by atoms with Crippen molar-refractivity contribution in [3.63, 3.8) is 0 Å². The van der Waals surface area contributed by atoms with Gasteiger partial charge in [-0.2, -0.15) is 5.26 Å². The molecule has 0 fully saturated rings. The molecule has 1 heterocycles. The van der Waals surface area contributed by atoms with Crippen LogP contribution in [0.2, 0.25) is 0 Å². The molecule has 1 rings (SSSR count). The molecule has 0 amide bonds. The molecule has 1 N–H and O–H groups in total. The lowest BCUT2D eigenvalue weighted by Gasteiger charge is -2.25. The van der Waals surface area contributed by atoms with Gasteiger partial charge in [0.05, 0.1) is 11.9 Å². The predicted molar refractivity (Wildman–Crippen MR) is 75.4 cm³/mol. The Bertz CT molecular complexity index is 387. The first-order valence-corrected chi connectivity index (χ1v) is 6.67. The van der Waals surface area contributed by atoms with Gasteiger partial charge in [-0.05, 0) is 24.0 Å². The van der Waals surface area contributed by atoms with Gasteiger partial charge < -0.3 is 5.32 Å². The van der Waals surface area contributed by atoms with Gasteiger partial charge >= 0.3 is 0 Å². The predicted octanol–water partition coefficient (Wildman–Crippen LogP) is 3.97. The van der Waals surface area contributed by atoms with E-state index in [1.54, 1.807) is 12.3 Å². The van der Waals surface area contributed by atoms with Crippen molar-refractivity contribution in [3.05, 3.63) is 24.0 Å². The SMILES string of the molecule is CCCCCC(C)(C)CNc1ccc(C#N)nc1. The Balaban J connectivity index is 2.40. The fraction of sp³-hybridized carbons (Fsp3) is 0.600. The standard InChI is InChI=1S/C15H23N3/c1-4-5-6-9-15(2,3)12-18-14-8-7-13(10-16)17-11-14/h7-8,11,18H,4-6,9,12H2,1-3H3. The lowest BCUT2D eigenvalue weighted by Crippen LogP contribution is -2.23. The minimum absolute atomic E-state index is 0.295. The number of nitriles is 1. The van der Waals surface area contributed by atoms with Crippen molar-refractivity contribution in [2.75, 3.05) is 11.9 Å². The number of hydrogen-bond donors (Lipinski definition) is 1. The first-order chi connectivity index (χ1) is 8.57. The Hall–Kier alpha value is -1.56. The van der Waals surface area contributed by atoms with E-state index >= 15 is 0 Å². The number of pyridine rings is 1. The zero-order chi connectivity index (χ0) is 13.4. The molecule has 0 bridgehead atoms. The second-order valence-corrected chi connectivity index (χ2v) is 5.52. The Morgan fingerprint density at radius 2 is 2.11 bits per heavy atom. The van der Waals surface area contributed by atoms with E-state index in [-0.39, 0.29) is 0 Å². The molecule has 18 heavy (non-hydrogen) atoms. The maximum absolute atomic E-state index is 8.68. The third-order valence-electron chi connectivity index (χ3n) is 3.11. The first kappa shape index (κ1) is 14.5. The topological polar surface area (TPSA) is 48.7 Å². The molecule has 0 spiro atoms. The summed E-state index contributed by atoms with van der Waals surface area (Å²) in [6.45, 7) is 7.73. The van der Waals surface area contributed by atoms with E-state index in [1.165, 1.54) is 25.7 Å². The van der Waals surface area contributed by atoms with Crippen LogP contribution in [-0.2, 0) is 0 Å². The van der Waals surface area contributed by atoms with Gasteiger partial charge in [-0.3, -0.25) is 0 Å². The highest BCUT2D eigenvalue weighted by Crippen LogP contribution is 2.24. The quantitative estimate of drug-likeness (QED) is 0.739. The van der Waals surface area contributed by atoms with Crippen LogP contribution in [0.1, 0.15) is 52.1 Å². The highest BCUT2D eigenvalue weighted by molar-refractivity contribution is 5.42. The second kappa shape index (κ2) is 7.00. The highest BCUT2D eigenvalue weighted by Gasteiger charge is 2.16. The summed E-state index contributed by atoms with van der Waals surface area (Å²) in [7, 11) is 0. The van der Waals surface area contributed by atoms with Gasteiger partial charge in [0.15, 0.2) is 0 Å². The number of aromatic nitrogens is 1. The number of nitrogens with zero attached hydrogens (tertiary/aromatic N) is 2. The molecule has 98 valence electrons. The van der Waals surface area contributed by atoms with Crippen LogP contribution >= 0.6 is 0 Å². The molecule has 0 aliphatic rings. The molecule has 3 heteroatoms. The Morgan fingerprint density at radius 3 is 2.67 bits per heavy atom. The monoisotopic (exact) mass is 245 g/mol.